The molecule has 2 aromatic rings. The van der Waals surface area contributed by atoms with Crippen molar-refractivity contribution in [3.63, 3.8) is 0 Å². The lowest BCUT2D eigenvalue weighted by molar-refractivity contribution is 0.397. The third kappa shape index (κ3) is 2.97. The fraction of sp³-hybridized carbons (Fsp3) is 0.286. The van der Waals surface area contributed by atoms with Crippen molar-refractivity contribution in [2.75, 3.05) is 12.4 Å². The first-order valence-electron chi connectivity index (χ1n) is 5.89. The van der Waals surface area contributed by atoms with Gasteiger partial charge in [-0.3, -0.25) is 0 Å². The van der Waals surface area contributed by atoms with Crippen LogP contribution in [0.1, 0.15) is 24.1 Å². The lowest BCUT2D eigenvalue weighted by Crippen LogP contribution is -2.09. The molecule has 94 valence electrons. The molecule has 1 heterocycles. The number of benzene rings is 1. The minimum Gasteiger partial charge on any atom is -0.481 e. The van der Waals surface area contributed by atoms with Crippen molar-refractivity contribution in [3.8, 4) is 5.88 Å². The Kier molecular flexibility index (Phi) is 3.77. The summed E-state index contributed by atoms with van der Waals surface area (Å²) in [6.45, 7) is 4.15. The molecule has 1 N–H and O–H groups in total. The van der Waals surface area contributed by atoms with Gasteiger partial charge >= 0.3 is 0 Å². The van der Waals surface area contributed by atoms with Gasteiger partial charge in [-0.25, -0.2) is 4.98 Å². The first kappa shape index (κ1) is 12.4. The lowest BCUT2D eigenvalue weighted by Gasteiger charge is -2.14. The maximum absolute atomic E-state index is 5.07. The molecular weight excluding hydrogens is 226 g/mol. The van der Waals surface area contributed by atoms with Crippen LogP contribution in [0.3, 0.4) is 0 Å². The summed E-state index contributed by atoms with van der Waals surface area (Å²) in [4.78, 5) is 8.40. The van der Waals surface area contributed by atoms with Crippen LogP contribution in [0.4, 0.5) is 5.95 Å². The predicted molar refractivity (Wildman–Crippen MR) is 71.8 cm³/mol. The lowest BCUT2D eigenvalue weighted by atomic mass is 10.1. The van der Waals surface area contributed by atoms with Crippen LogP contribution in [0.5, 0.6) is 5.88 Å². The molecule has 0 amide bonds. The molecule has 0 spiro atoms. The van der Waals surface area contributed by atoms with Gasteiger partial charge in [-0.05, 0) is 19.4 Å². The van der Waals surface area contributed by atoms with E-state index in [0.29, 0.717) is 11.8 Å². The molecule has 18 heavy (non-hydrogen) atoms. The van der Waals surface area contributed by atoms with Crippen LogP contribution in [0.15, 0.2) is 36.5 Å². The van der Waals surface area contributed by atoms with Crippen LogP contribution in [-0.4, -0.2) is 17.1 Å². The molecule has 0 fully saturated rings. The van der Waals surface area contributed by atoms with Gasteiger partial charge in [-0.2, -0.15) is 4.98 Å². The highest BCUT2D eigenvalue weighted by atomic mass is 16.5. The van der Waals surface area contributed by atoms with E-state index < -0.39 is 0 Å². The van der Waals surface area contributed by atoms with Gasteiger partial charge in [0.25, 0.3) is 0 Å². The Morgan fingerprint density at radius 2 is 1.89 bits per heavy atom. The summed E-state index contributed by atoms with van der Waals surface area (Å²) in [6.07, 6.45) is 1.68. The number of aryl methyl sites for hydroxylation is 1. The largest absolute Gasteiger partial charge is 0.481 e. The van der Waals surface area contributed by atoms with Crippen molar-refractivity contribution in [1.29, 1.82) is 0 Å². The second kappa shape index (κ2) is 5.49. The van der Waals surface area contributed by atoms with Crippen LogP contribution >= 0.6 is 0 Å². The number of nitrogens with one attached hydrogen (secondary N) is 1. The molecule has 4 heteroatoms. The predicted octanol–water partition coefficient (Wildman–Crippen LogP) is 2.97. The Morgan fingerprint density at radius 1 is 1.17 bits per heavy atom. The summed E-state index contributed by atoms with van der Waals surface area (Å²) in [7, 11) is 1.59. The summed E-state index contributed by atoms with van der Waals surface area (Å²) in [5.41, 5.74) is 2.45. The summed E-state index contributed by atoms with van der Waals surface area (Å²) in [6, 6.07) is 10.3. The van der Waals surface area contributed by atoms with Gasteiger partial charge < -0.3 is 10.1 Å². The molecule has 0 saturated heterocycles. The maximum Gasteiger partial charge on any atom is 0.226 e. The molecule has 0 aliphatic rings. The van der Waals surface area contributed by atoms with Crippen LogP contribution < -0.4 is 10.1 Å². The zero-order chi connectivity index (χ0) is 13.0. The van der Waals surface area contributed by atoms with E-state index in [1.54, 1.807) is 19.4 Å². The Balaban J connectivity index is 2.10. The Morgan fingerprint density at radius 3 is 2.56 bits per heavy atom. The van der Waals surface area contributed by atoms with Crippen LogP contribution in [-0.2, 0) is 0 Å². The number of ether oxygens (including phenoxy) is 1. The topological polar surface area (TPSA) is 47.0 Å². The van der Waals surface area contributed by atoms with E-state index in [-0.39, 0.29) is 6.04 Å². The second-order valence-electron chi connectivity index (χ2n) is 4.20. The van der Waals surface area contributed by atoms with Crippen molar-refractivity contribution >= 4 is 5.95 Å². The van der Waals surface area contributed by atoms with E-state index in [1.165, 1.54) is 11.1 Å². The molecule has 1 aromatic carbocycles. The molecule has 0 aliphatic heterocycles. The average molecular weight is 243 g/mol. The number of methoxy groups -OCH3 is 1. The monoisotopic (exact) mass is 243 g/mol. The highest BCUT2D eigenvalue weighted by Crippen LogP contribution is 2.18. The summed E-state index contributed by atoms with van der Waals surface area (Å²) >= 11 is 0. The van der Waals surface area contributed by atoms with Gasteiger partial charge in [-0.15, -0.1) is 0 Å². The fourth-order valence-corrected chi connectivity index (χ4v) is 1.66. The van der Waals surface area contributed by atoms with Gasteiger partial charge in [0.2, 0.25) is 11.8 Å². The molecule has 2 rings (SSSR count). The van der Waals surface area contributed by atoms with Gasteiger partial charge in [0, 0.05) is 12.3 Å². The molecule has 0 bridgehead atoms. The smallest absolute Gasteiger partial charge is 0.226 e. The van der Waals surface area contributed by atoms with E-state index >= 15 is 0 Å². The van der Waals surface area contributed by atoms with Crippen molar-refractivity contribution in [2.24, 2.45) is 0 Å². The van der Waals surface area contributed by atoms with Gasteiger partial charge in [-0.1, -0.05) is 29.8 Å². The highest BCUT2D eigenvalue weighted by Gasteiger charge is 2.07. The number of nitrogens with zero attached hydrogens (tertiary/aromatic N) is 2. The number of anilines is 1. The number of aromatic nitrogens is 2. The quantitative estimate of drug-likeness (QED) is 0.896. The Bertz CT molecular complexity index is 511. The average Bonchev–Trinajstić information content (AvgIpc) is 2.39. The van der Waals surface area contributed by atoms with E-state index in [0.717, 1.165) is 0 Å². The van der Waals surface area contributed by atoms with E-state index in [9.17, 15) is 0 Å². The minimum absolute atomic E-state index is 0.151. The Hall–Kier alpha value is -2.10. The van der Waals surface area contributed by atoms with Gasteiger partial charge in [0.1, 0.15) is 0 Å². The van der Waals surface area contributed by atoms with Crippen LogP contribution in [0.2, 0.25) is 0 Å². The molecule has 1 aromatic heterocycles. The van der Waals surface area contributed by atoms with Crippen molar-refractivity contribution < 1.29 is 4.74 Å². The van der Waals surface area contributed by atoms with Gasteiger partial charge in [0.05, 0.1) is 13.2 Å². The summed E-state index contributed by atoms with van der Waals surface area (Å²) < 4.78 is 5.07. The maximum atomic E-state index is 5.07. The summed E-state index contributed by atoms with van der Waals surface area (Å²) in [5, 5.41) is 3.25. The van der Waals surface area contributed by atoms with Gasteiger partial charge in [0.15, 0.2) is 0 Å². The fourth-order valence-electron chi connectivity index (χ4n) is 1.66. The Labute approximate surface area is 107 Å². The van der Waals surface area contributed by atoms with E-state index in [2.05, 4.69) is 53.4 Å². The molecule has 1 atom stereocenters. The van der Waals surface area contributed by atoms with Crippen molar-refractivity contribution in [3.05, 3.63) is 47.7 Å². The first-order chi connectivity index (χ1) is 8.69. The third-order valence-corrected chi connectivity index (χ3v) is 2.76. The van der Waals surface area contributed by atoms with Crippen molar-refractivity contribution in [1.82, 2.24) is 9.97 Å². The second-order valence-corrected chi connectivity index (χ2v) is 4.20. The highest BCUT2D eigenvalue weighted by molar-refractivity contribution is 5.34. The molecule has 4 nitrogen and oxygen atoms in total. The third-order valence-electron chi connectivity index (χ3n) is 2.76. The van der Waals surface area contributed by atoms with Crippen LogP contribution in [0.25, 0.3) is 0 Å². The molecule has 0 radical (unpaired) electrons. The van der Waals surface area contributed by atoms with Crippen LogP contribution in [0, 0.1) is 6.92 Å². The molecule has 0 aliphatic carbocycles. The zero-order valence-electron chi connectivity index (χ0n) is 10.8. The number of hydrogen-bond donors (Lipinski definition) is 1. The molecular formula is C14H17N3O. The normalized spacial score (nSPS) is 11.9. The number of hydrogen-bond acceptors (Lipinski definition) is 4. The minimum atomic E-state index is 0.151. The number of rotatable bonds is 4. The van der Waals surface area contributed by atoms with E-state index in [1.807, 2.05) is 0 Å². The van der Waals surface area contributed by atoms with E-state index in [4.69, 9.17) is 4.74 Å². The summed E-state index contributed by atoms with van der Waals surface area (Å²) in [5.74, 6) is 1.13. The SMILES string of the molecule is COc1ccnc(NC(C)c2ccc(C)cc2)n1. The standard InChI is InChI=1S/C14H17N3O/c1-10-4-6-12(7-5-10)11(2)16-14-15-9-8-13(17-14)18-3/h4-9,11H,1-3H3,(H,15,16,17). The zero-order valence-corrected chi connectivity index (χ0v) is 10.8. The first-order valence-corrected chi connectivity index (χ1v) is 5.89. The van der Waals surface area contributed by atoms with Crippen molar-refractivity contribution in [2.45, 2.75) is 19.9 Å². The molecule has 1 unspecified atom stereocenters. The molecule has 0 saturated carbocycles.